The highest BCUT2D eigenvalue weighted by Gasteiger charge is 2.47. The molecule has 8 nitrogen and oxygen atoms in total. The van der Waals surface area contributed by atoms with Crippen molar-refractivity contribution in [3.63, 3.8) is 0 Å². The number of unbranched alkanes of at least 4 members (excludes halogenated alkanes) is 2. The summed E-state index contributed by atoms with van der Waals surface area (Å²) >= 11 is 1.44. The van der Waals surface area contributed by atoms with Crippen molar-refractivity contribution < 1.29 is 23.7 Å². The third-order valence-electron chi connectivity index (χ3n) is 5.04. The molecule has 1 aliphatic heterocycles. The van der Waals surface area contributed by atoms with Crippen LogP contribution in [0.15, 0.2) is 35.4 Å². The molecule has 31 heavy (non-hydrogen) atoms. The molecule has 1 aromatic rings. The van der Waals surface area contributed by atoms with E-state index in [1.165, 1.54) is 11.8 Å². The Labute approximate surface area is 188 Å². The SMILES string of the molecule is CCCCOC1C(N=[N+]=[N-])[C@H](SC)OC(COC(=O)c2ccccc2)[C@H]1OCCCC. The molecule has 1 heterocycles. The molecular formula is C22H33N3O5S. The predicted octanol–water partition coefficient (Wildman–Crippen LogP) is 4.98. The van der Waals surface area contributed by atoms with E-state index in [2.05, 4.69) is 23.9 Å². The Bertz CT molecular complexity index is 702. The Morgan fingerprint density at radius 3 is 2.35 bits per heavy atom. The van der Waals surface area contributed by atoms with E-state index in [9.17, 15) is 4.79 Å². The molecule has 5 atom stereocenters. The summed E-state index contributed by atoms with van der Waals surface area (Å²) in [5.74, 6) is -0.419. The summed E-state index contributed by atoms with van der Waals surface area (Å²) in [7, 11) is 0. The number of hydrogen-bond donors (Lipinski definition) is 0. The van der Waals surface area contributed by atoms with E-state index in [1.807, 2.05) is 12.3 Å². The second kappa shape index (κ2) is 14.3. The van der Waals surface area contributed by atoms with Gasteiger partial charge in [0, 0.05) is 18.1 Å². The van der Waals surface area contributed by atoms with Crippen LogP contribution in [-0.2, 0) is 18.9 Å². The Morgan fingerprint density at radius 2 is 1.77 bits per heavy atom. The van der Waals surface area contributed by atoms with Gasteiger partial charge in [-0.2, -0.15) is 0 Å². The van der Waals surface area contributed by atoms with Crippen LogP contribution >= 0.6 is 11.8 Å². The molecule has 3 unspecified atom stereocenters. The van der Waals surface area contributed by atoms with Crippen LogP contribution in [0.5, 0.6) is 0 Å². The highest BCUT2D eigenvalue weighted by Crippen LogP contribution is 2.33. The molecule has 172 valence electrons. The van der Waals surface area contributed by atoms with Crippen molar-refractivity contribution in [1.82, 2.24) is 0 Å². The number of nitrogens with zero attached hydrogens (tertiary/aromatic N) is 3. The summed E-state index contributed by atoms with van der Waals surface area (Å²) in [6, 6.07) is 8.29. The Hall–Kier alpha value is -1.77. The highest BCUT2D eigenvalue weighted by atomic mass is 32.2. The third kappa shape index (κ3) is 7.70. The quantitative estimate of drug-likeness (QED) is 0.138. The zero-order valence-electron chi connectivity index (χ0n) is 18.5. The standard InChI is InChI=1S/C22H33N3O5S/c1-4-6-13-27-19-17(15-29-21(26)16-11-9-8-10-12-16)30-22(31-3)18(24-25-23)20(19)28-14-7-5-2/h8-12,17-20,22H,4-7,13-15H2,1-3H3/t17?,18?,19-,20?,22+/m1/s1. The maximum Gasteiger partial charge on any atom is 0.338 e. The molecule has 0 saturated carbocycles. The highest BCUT2D eigenvalue weighted by molar-refractivity contribution is 7.99. The van der Waals surface area contributed by atoms with Crippen molar-refractivity contribution in [2.75, 3.05) is 26.1 Å². The van der Waals surface area contributed by atoms with Gasteiger partial charge >= 0.3 is 5.97 Å². The van der Waals surface area contributed by atoms with E-state index in [0.29, 0.717) is 18.8 Å². The van der Waals surface area contributed by atoms with E-state index in [0.717, 1.165) is 25.7 Å². The van der Waals surface area contributed by atoms with Crippen molar-refractivity contribution >= 4 is 17.7 Å². The normalized spacial score (nSPS) is 25.6. The summed E-state index contributed by atoms with van der Waals surface area (Å²) < 4.78 is 24.1. The maximum absolute atomic E-state index is 12.4. The van der Waals surface area contributed by atoms with Gasteiger partial charge in [-0.25, -0.2) is 4.79 Å². The molecule has 1 saturated heterocycles. The number of rotatable bonds is 13. The van der Waals surface area contributed by atoms with Gasteiger partial charge in [-0.1, -0.05) is 50.0 Å². The minimum Gasteiger partial charge on any atom is -0.459 e. The molecule has 0 bridgehead atoms. The van der Waals surface area contributed by atoms with Gasteiger partial charge in [0.15, 0.2) is 0 Å². The number of carbonyl (C=O) groups excluding carboxylic acids is 1. The van der Waals surface area contributed by atoms with Crippen LogP contribution in [0.25, 0.3) is 10.4 Å². The summed E-state index contributed by atoms with van der Waals surface area (Å²) in [4.78, 5) is 15.5. The molecule has 0 radical (unpaired) electrons. The van der Waals surface area contributed by atoms with Crippen LogP contribution < -0.4 is 0 Å². The van der Waals surface area contributed by atoms with Crippen molar-refractivity contribution in [3.05, 3.63) is 46.3 Å². The van der Waals surface area contributed by atoms with Crippen molar-refractivity contribution in [1.29, 1.82) is 0 Å². The lowest BCUT2D eigenvalue weighted by atomic mass is 9.98. The first-order chi connectivity index (χ1) is 15.2. The number of hydrogen-bond acceptors (Lipinski definition) is 7. The molecular weight excluding hydrogens is 418 g/mol. The van der Waals surface area contributed by atoms with Gasteiger partial charge in [0.2, 0.25) is 0 Å². The summed E-state index contributed by atoms with van der Waals surface area (Å²) in [6.45, 7) is 5.25. The van der Waals surface area contributed by atoms with Crippen LogP contribution in [0.1, 0.15) is 49.9 Å². The van der Waals surface area contributed by atoms with Gasteiger partial charge in [-0.15, -0.1) is 11.8 Å². The molecule has 2 rings (SSSR count). The predicted molar refractivity (Wildman–Crippen MR) is 121 cm³/mol. The van der Waals surface area contributed by atoms with Crippen molar-refractivity contribution in [2.45, 2.75) is 69.3 Å². The van der Waals surface area contributed by atoms with Crippen LogP contribution in [0.3, 0.4) is 0 Å². The van der Waals surface area contributed by atoms with Crippen LogP contribution in [0.4, 0.5) is 0 Å². The minimum atomic E-state index is -0.537. The molecule has 0 amide bonds. The summed E-state index contributed by atoms with van der Waals surface area (Å²) in [5.41, 5.74) is 9.17. The fourth-order valence-corrected chi connectivity index (χ4v) is 4.08. The average Bonchev–Trinajstić information content (AvgIpc) is 2.80. The van der Waals surface area contributed by atoms with E-state index < -0.39 is 35.8 Å². The number of benzene rings is 1. The number of thioether (sulfide) groups is 1. The molecule has 0 N–H and O–H groups in total. The van der Waals surface area contributed by atoms with Gasteiger partial charge in [-0.3, -0.25) is 0 Å². The molecule has 1 aromatic carbocycles. The molecule has 0 spiro atoms. The lowest BCUT2D eigenvalue weighted by molar-refractivity contribution is -0.200. The van der Waals surface area contributed by atoms with Gasteiger partial charge in [-0.05, 0) is 36.8 Å². The van der Waals surface area contributed by atoms with Crippen LogP contribution in [0.2, 0.25) is 0 Å². The van der Waals surface area contributed by atoms with Gasteiger partial charge < -0.3 is 18.9 Å². The van der Waals surface area contributed by atoms with E-state index in [-0.39, 0.29) is 6.61 Å². The zero-order valence-corrected chi connectivity index (χ0v) is 19.3. The molecule has 9 heteroatoms. The summed E-state index contributed by atoms with van der Waals surface area (Å²) in [5, 5.41) is 3.97. The smallest absolute Gasteiger partial charge is 0.338 e. The molecule has 1 fully saturated rings. The van der Waals surface area contributed by atoms with Gasteiger partial charge in [0.05, 0.1) is 11.7 Å². The number of carbonyl (C=O) groups is 1. The second-order valence-electron chi connectivity index (χ2n) is 7.32. The number of ether oxygens (including phenoxy) is 4. The van der Waals surface area contributed by atoms with Gasteiger partial charge in [0.1, 0.15) is 30.3 Å². The minimum absolute atomic E-state index is 0.0260. The Morgan fingerprint density at radius 1 is 1.13 bits per heavy atom. The maximum atomic E-state index is 12.4. The fraction of sp³-hybridized carbons (Fsp3) is 0.682. The van der Waals surface area contributed by atoms with E-state index in [1.54, 1.807) is 24.3 Å². The average molecular weight is 452 g/mol. The van der Waals surface area contributed by atoms with Crippen LogP contribution in [0, 0.1) is 0 Å². The Balaban J connectivity index is 2.20. The molecule has 1 aliphatic rings. The second-order valence-corrected chi connectivity index (χ2v) is 8.25. The van der Waals surface area contributed by atoms with Crippen molar-refractivity contribution in [3.8, 4) is 0 Å². The number of azide groups is 1. The molecule has 0 aromatic heterocycles. The topological polar surface area (TPSA) is 103 Å². The fourth-order valence-electron chi connectivity index (χ4n) is 3.34. The van der Waals surface area contributed by atoms with Crippen molar-refractivity contribution in [2.24, 2.45) is 5.11 Å². The van der Waals surface area contributed by atoms with Crippen LogP contribution in [-0.4, -0.2) is 61.8 Å². The zero-order chi connectivity index (χ0) is 22.5. The molecule has 0 aliphatic carbocycles. The first kappa shape index (κ1) is 25.5. The summed E-state index contributed by atoms with van der Waals surface area (Å²) in [6.07, 6.45) is 4.11. The number of esters is 1. The third-order valence-corrected chi connectivity index (χ3v) is 5.89. The van der Waals surface area contributed by atoms with E-state index in [4.69, 9.17) is 24.5 Å². The monoisotopic (exact) mass is 451 g/mol. The first-order valence-corrected chi connectivity index (χ1v) is 12.1. The lowest BCUT2D eigenvalue weighted by Gasteiger charge is -2.44. The Kier molecular flexibility index (Phi) is 11.8. The first-order valence-electron chi connectivity index (χ1n) is 10.8. The van der Waals surface area contributed by atoms with Gasteiger partial charge in [0.25, 0.3) is 0 Å². The largest absolute Gasteiger partial charge is 0.459 e. The van der Waals surface area contributed by atoms with E-state index >= 15 is 0 Å². The lowest BCUT2D eigenvalue weighted by Crippen LogP contribution is -2.59.